The molecule has 0 aliphatic rings. The number of benzene rings is 2. The normalized spacial score (nSPS) is 12.3. The van der Waals surface area contributed by atoms with Crippen molar-refractivity contribution >= 4 is 16.8 Å². The Balaban J connectivity index is 1.70. The van der Waals surface area contributed by atoms with Gasteiger partial charge in [0.15, 0.2) is 0 Å². The number of rotatable bonds is 5. The zero-order chi connectivity index (χ0) is 17.1. The average molecular weight is 322 g/mol. The van der Waals surface area contributed by atoms with E-state index in [1.165, 1.54) is 5.56 Å². The molecule has 4 heteroatoms. The van der Waals surface area contributed by atoms with Crippen molar-refractivity contribution < 1.29 is 9.90 Å². The van der Waals surface area contributed by atoms with E-state index in [0.29, 0.717) is 5.56 Å². The number of amides is 1. The third-order valence-electron chi connectivity index (χ3n) is 4.37. The lowest BCUT2D eigenvalue weighted by Crippen LogP contribution is -2.28. The van der Waals surface area contributed by atoms with Gasteiger partial charge in [-0.1, -0.05) is 37.3 Å². The largest absolute Gasteiger partial charge is 0.386 e. The Hall–Kier alpha value is -2.59. The van der Waals surface area contributed by atoms with Crippen molar-refractivity contribution in [1.82, 2.24) is 9.88 Å². The Morgan fingerprint density at radius 3 is 2.58 bits per heavy atom. The Morgan fingerprint density at radius 1 is 1.17 bits per heavy atom. The van der Waals surface area contributed by atoms with Crippen LogP contribution in [0.15, 0.2) is 54.7 Å². The molecule has 124 valence electrons. The second kappa shape index (κ2) is 6.89. The number of nitrogens with zero attached hydrogens (tertiary/aromatic N) is 1. The number of aliphatic hydroxyl groups is 1. The lowest BCUT2D eigenvalue weighted by atomic mass is 10.1. The third kappa shape index (κ3) is 3.19. The number of fused-ring (bicyclic) bond motifs is 1. The fourth-order valence-corrected chi connectivity index (χ4v) is 2.93. The summed E-state index contributed by atoms with van der Waals surface area (Å²) >= 11 is 0. The van der Waals surface area contributed by atoms with Gasteiger partial charge in [-0.05, 0) is 30.2 Å². The first-order chi connectivity index (χ1) is 11.6. The van der Waals surface area contributed by atoms with Gasteiger partial charge in [0, 0.05) is 41.8 Å². The molecule has 0 saturated carbocycles. The van der Waals surface area contributed by atoms with Crippen LogP contribution in [0.25, 0.3) is 10.9 Å². The summed E-state index contributed by atoms with van der Waals surface area (Å²) in [4.78, 5) is 12.2. The van der Waals surface area contributed by atoms with Crippen molar-refractivity contribution in [3.05, 3.63) is 71.4 Å². The molecule has 0 spiro atoms. The van der Waals surface area contributed by atoms with E-state index < -0.39 is 6.10 Å². The molecule has 2 N–H and O–H groups in total. The van der Waals surface area contributed by atoms with Crippen LogP contribution in [0, 0.1) is 0 Å². The summed E-state index contributed by atoms with van der Waals surface area (Å²) in [6.45, 7) is 2.26. The fraction of sp³-hybridized carbons (Fsp3) is 0.250. The second-order valence-corrected chi connectivity index (χ2v) is 5.99. The quantitative estimate of drug-likeness (QED) is 0.758. The minimum Gasteiger partial charge on any atom is -0.386 e. The SMILES string of the molecule is CCc1ccc(C(=O)NCC(O)c2cn(C)c3ccccc23)cc1. The smallest absolute Gasteiger partial charge is 0.251 e. The number of carbonyl (C=O) groups is 1. The van der Waals surface area contributed by atoms with Crippen LogP contribution in [-0.4, -0.2) is 22.1 Å². The minimum atomic E-state index is -0.741. The number of nitrogens with one attached hydrogen (secondary N) is 1. The highest BCUT2D eigenvalue weighted by Gasteiger charge is 2.15. The topological polar surface area (TPSA) is 54.3 Å². The van der Waals surface area contributed by atoms with Crippen LogP contribution in [0.1, 0.15) is 34.5 Å². The lowest BCUT2D eigenvalue weighted by molar-refractivity contribution is 0.0917. The van der Waals surface area contributed by atoms with Gasteiger partial charge in [0.25, 0.3) is 5.91 Å². The summed E-state index contributed by atoms with van der Waals surface area (Å²) in [6.07, 6.45) is 2.12. The van der Waals surface area contributed by atoms with Gasteiger partial charge in [-0.3, -0.25) is 4.79 Å². The van der Waals surface area contributed by atoms with Gasteiger partial charge >= 0.3 is 0 Å². The maximum absolute atomic E-state index is 12.2. The van der Waals surface area contributed by atoms with Gasteiger partial charge in [0.05, 0.1) is 6.10 Å². The highest BCUT2D eigenvalue weighted by molar-refractivity contribution is 5.94. The van der Waals surface area contributed by atoms with Crippen LogP contribution in [-0.2, 0) is 13.5 Å². The van der Waals surface area contributed by atoms with E-state index in [4.69, 9.17) is 0 Å². The third-order valence-corrected chi connectivity index (χ3v) is 4.37. The molecular formula is C20H22N2O2. The van der Waals surface area contributed by atoms with Gasteiger partial charge < -0.3 is 15.0 Å². The molecule has 2 aromatic carbocycles. The Kier molecular flexibility index (Phi) is 4.67. The van der Waals surface area contributed by atoms with Crippen LogP contribution in [0.3, 0.4) is 0 Å². The molecule has 0 aliphatic heterocycles. The van der Waals surface area contributed by atoms with Gasteiger partial charge in [-0.15, -0.1) is 0 Å². The summed E-state index contributed by atoms with van der Waals surface area (Å²) < 4.78 is 1.99. The average Bonchev–Trinajstić information content (AvgIpc) is 2.97. The van der Waals surface area contributed by atoms with Gasteiger partial charge in [0.1, 0.15) is 0 Å². The number of hydrogen-bond acceptors (Lipinski definition) is 2. The Labute approximate surface area is 141 Å². The molecule has 24 heavy (non-hydrogen) atoms. The van der Waals surface area contributed by atoms with E-state index in [-0.39, 0.29) is 12.5 Å². The lowest BCUT2D eigenvalue weighted by Gasteiger charge is -2.11. The molecule has 1 heterocycles. The predicted molar refractivity (Wildman–Crippen MR) is 96.0 cm³/mol. The highest BCUT2D eigenvalue weighted by atomic mass is 16.3. The number of hydrogen-bond donors (Lipinski definition) is 2. The van der Waals surface area contributed by atoms with Crippen LogP contribution in [0.4, 0.5) is 0 Å². The first kappa shape index (κ1) is 16.3. The van der Waals surface area contributed by atoms with E-state index in [1.54, 1.807) is 0 Å². The van der Waals surface area contributed by atoms with Crippen LogP contribution >= 0.6 is 0 Å². The number of aliphatic hydroxyl groups excluding tert-OH is 1. The molecule has 0 aliphatic carbocycles. The monoisotopic (exact) mass is 322 g/mol. The summed E-state index contributed by atoms with van der Waals surface area (Å²) in [5, 5.41) is 14.3. The minimum absolute atomic E-state index is 0.170. The summed E-state index contributed by atoms with van der Waals surface area (Å²) in [5.74, 6) is -0.170. The summed E-state index contributed by atoms with van der Waals surface area (Å²) in [6, 6.07) is 15.5. The molecule has 4 nitrogen and oxygen atoms in total. The van der Waals surface area contributed by atoms with Crippen LogP contribution in [0.2, 0.25) is 0 Å². The number of para-hydroxylation sites is 1. The number of aryl methyl sites for hydroxylation is 2. The molecule has 0 fully saturated rings. The second-order valence-electron chi connectivity index (χ2n) is 5.99. The first-order valence-corrected chi connectivity index (χ1v) is 8.19. The molecule has 1 aromatic heterocycles. The van der Waals surface area contributed by atoms with E-state index >= 15 is 0 Å². The van der Waals surface area contributed by atoms with Crippen molar-refractivity contribution in [3.63, 3.8) is 0 Å². The zero-order valence-electron chi connectivity index (χ0n) is 14.0. The maximum atomic E-state index is 12.2. The van der Waals surface area contributed by atoms with Gasteiger partial charge in [-0.25, -0.2) is 0 Å². The number of aromatic nitrogens is 1. The van der Waals surface area contributed by atoms with Gasteiger partial charge in [-0.2, -0.15) is 0 Å². The van der Waals surface area contributed by atoms with E-state index in [9.17, 15) is 9.90 Å². The van der Waals surface area contributed by atoms with Crippen LogP contribution in [0.5, 0.6) is 0 Å². The molecular weight excluding hydrogens is 300 g/mol. The summed E-state index contributed by atoms with van der Waals surface area (Å²) in [7, 11) is 1.95. The first-order valence-electron chi connectivity index (χ1n) is 8.19. The van der Waals surface area contributed by atoms with Crippen molar-refractivity contribution in [2.45, 2.75) is 19.4 Å². The van der Waals surface area contributed by atoms with Crippen molar-refractivity contribution in [2.24, 2.45) is 7.05 Å². The zero-order valence-corrected chi connectivity index (χ0v) is 14.0. The molecule has 0 saturated heterocycles. The van der Waals surface area contributed by atoms with E-state index in [1.807, 2.05) is 66.3 Å². The fourth-order valence-electron chi connectivity index (χ4n) is 2.93. The Bertz CT molecular complexity index is 850. The maximum Gasteiger partial charge on any atom is 0.251 e. The standard InChI is InChI=1S/C20H22N2O2/c1-3-14-8-10-15(11-9-14)20(24)21-12-19(23)17-13-22(2)18-7-5-4-6-16(17)18/h4-11,13,19,23H,3,12H2,1-2H3,(H,21,24). The molecule has 1 amide bonds. The van der Waals surface area contributed by atoms with E-state index in [2.05, 4.69) is 12.2 Å². The number of carbonyl (C=O) groups excluding carboxylic acids is 1. The molecule has 1 atom stereocenters. The molecule has 3 aromatic rings. The highest BCUT2D eigenvalue weighted by Crippen LogP contribution is 2.25. The summed E-state index contributed by atoms with van der Waals surface area (Å²) in [5.41, 5.74) is 3.70. The van der Waals surface area contributed by atoms with Crippen molar-refractivity contribution in [1.29, 1.82) is 0 Å². The predicted octanol–water partition coefficient (Wildman–Crippen LogP) is 3.20. The van der Waals surface area contributed by atoms with Crippen molar-refractivity contribution in [3.8, 4) is 0 Å². The molecule has 1 unspecified atom stereocenters. The molecule has 0 radical (unpaired) electrons. The molecule has 0 bridgehead atoms. The van der Waals surface area contributed by atoms with Crippen LogP contribution < -0.4 is 5.32 Å². The Morgan fingerprint density at radius 2 is 1.88 bits per heavy atom. The van der Waals surface area contributed by atoms with E-state index in [0.717, 1.165) is 22.9 Å². The molecule has 3 rings (SSSR count). The van der Waals surface area contributed by atoms with Crippen molar-refractivity contribution in [2.75, 3.05) is 6.54 Å². The van der Waals surface area contributed by atoms with Gasteiger partial charge in [0.2, 0.25) is 0 Å².